The lowest BCUT2D eigenvalue weighted by molar-refractivity contribution is -0.124. The monoisotopic (exact) mass is 421 g/mol. The molecule has 0 bridgehead atoms. The van der Waals surface area contributed by atoms with Crippen molar-refractivity contribution < 1.29 is 14.3 Å². The number of para-hydroxylation sites is 2. The van der Waals surface area contributed by atoms with Gasteiger partial charge in [-0.3, -0.25) is 24.4 Å². The minimum Gasteiger partial charge on any atom is -0.379 e. The van der Waals surface area contributed by atoms with Crippen LogP contribution in [0.2, 0.25) is 0 Å². The van der Waals surface area contributed by atoms with Crippen LogP contribution in [0.1, 0.15) is 12.5 Å². The summed E-state index contributed by atoms with van der Waals surface area (Å²) in [7, 11) is 0. The lowest BCUT2D eigenvalue weighted by atomic mass is 10.0. The normalized spacial score (nSPS) is 20.5. The van der Waals surface area contributed by atoms with Gasteiger partial charge in [0, 0.05) is 30.9 Å². The summed E-state index contributed by atoms with van der Waals surface area (Å²) in [5.74, 6) is -0.696. The fourth-order valence-electron chi connectivity index (χ4n) is 3.86. The Morgan fingerprint density at radius 2 is 1.84 bits per heavy atom. The highest BCUT2D eigenvalue weighted by Crippen LogP contribution is 2.28. The van der Waals surface area contributed by atoms with Crippen LogP contribution < -0.4 is 16.0 Å². The number of benzodiazepines with no additional fused rings is 1. The van der Waals surface area contributed by atoms with Gasteiger partial charge in [-0.05, 0) is 25.1 Å². The summed E-state index contributed by atoms with van der Waals surface area (Å²) in [4.78, 5) is 34.5. The number of ether oxygens (including phenoxy) is 1. The molecule has 8 nitrogen and oxygen atoms in total. The predicted molar refractivity (Wildman–Crippen MR) is 120 cm³/mol. The highest BCUT2D eigenvalue weighted by Gasteiger charge is 2.35. The first-order chi connectivity index (χ1) is 15.0. The van der Waals surface area contributed by atoms with Gasteiger partial charge in [0.1, 0.15) is 6.04 Å². The van der Waals surface area contributed by atoms with Crippen LogP contribution in [0.3, 0.4) is 0 Å². The van der Waals surface area contributed by atoms with Crippen molar-refractivity contribution in [2.24, 2.45) is 10.7 Å². The maximum Gasteiger partial charge on any atom is 0.267 e. The third-order valence-electron chi connectivity index (χ3n) is 5.55. The van der Waals surface area contributed by atoms with Gasteiger partial charge in [0.25, 0.3) is 5.91 Å². The van der Waals surface area contributed by atoms with Crippen LogP contribution in [0.15, 0.2) is 59.6 Å². The molecule has 1 fully saturated rings. The average Bonchev–Trinajstić information content (AvgIpc) is 2.89. The quantitative estimate of drug-likeness (QED) is 0.762. The number of rotatable bonds is 5. The van der Waals surface area contributed by atoms with E-state index in [0.29, 0.717) is 31.1 Å². The average molecular weight is 422 g/mol. The van der Waals surface area contributed by atoms with Crippen LogP contribution in [0.5, 0.6) is 0 Å². The molecule has 0 spiro atoms. The summed E-state index contributed by atoms with van der Waals surface area (Å²) in [6, 6.07) is 15.9. The largest absolute Gasteiger partial charge is 0.379 e. The van der Waals surface area contributed by atoms with E-state index in [2.05, 4.69) is 15.2 Å². The molecule has 4 rings (SSSR count). The standard InChI is InChI=1S/C23H27N5O3/c1-16(22(29)25-17-7-3-2-4-8-17)28-20-10-6-5-9-18(20)19(26-21(24)23(28)30)15-27-11-13-31-14-12-27/h2-10,16,21H,11-15,24H2,1H3,(H,25,29). The van der Waals surface area contributed by atoms with Gasteiger partial charge < -0.3 is 15.8 Å². The number of hydrogen-bond acceptors (Lipinski definition) is 6. The first-order valence-corrected chi connectivity index (χ1v) is 10.5. The van der Waals surface area contributed by atoms with Crippen LogP contribution in [0, 0.1) is 0 Å². The third kappa shape index (κ3) is 4.66. The first-order valence-electron chi connectivity index (χ1n) is 10.5. The Kier molecular flexibility index (Phi) is 6.41. The molecule has 0 aromatic heterocycles. The topological polar surface area (TPSA) is 100 Å². The van der Waals surface area contributed by atoms with Gasteiger partial charge in [-0.25, -0.2) is 0 Å². The molecule has 2 aliphatic heterocycles. The zero-order valence-electron chi connectivity index (χ0n) is 17.5. The SMILES string of the molecule is CC(C(=O)Nc1ccccc1)N1C(=O)C(N)N=C(CN2CCOCC2)c2ccccc21. The molecule has 162 valence electrons. The Balaban J connectivity index is 1.64. The van der Waals surface area contributed by atoms with Crippen molar-refractivity contribution in [1.29, 1.82) is 0 Å². The molecule has 0 aliphatic carbocycles. The molecule has 2 unspecified atom stereocenters. The molecular weight excluding hydrogens is 394 g/mol. The van der Waals surface area contributed by atoms with Gasteiger partial charge in [0.15, 0.2) is 6.17 Å². The van der Waals surface area contributed by atoms with E-state index in [-0.39, 0.29) is 5.91 Å². The summed E-state index contributed by atoms with van der Waals surface area (Å²) >= 11 is 0. The number of carbonyl (C=O) groups is 2. The second kappa shape index (κ2) is 9.38. The van der Waals surface area contributed by atoms with Crippen LogP contribution in [0.4, 0.5) is 11.4 Å². The van der Waals surface area contributed by atoms with Crippen molar-refractivity contribution in [2.45, 2.75) is 19.1 Å². The van der Waals surface area contributed by atoms with Crippen molar-refractivity contribution in [3.05, 3.63) is 60.2 Å². The number of anilines is 2. The van der Waals surface area contributed by atoms with E-state index in [1.165, 1.54) is 4.90 Å². The zero-order valence-corrected chi connectivity index (χ0v) is 17.5. The summed E-state index contributed by atoms with van der Waals surface area (Å²) in [6.45, 7) is 5.20. The fraction of sp³-hybridized carbons (Fsp3) is 0.348. The molecule has 0 saturated carbocycles. The minimum absolute atomic E-state index is 0.293. The molecule has 2 aromatic carbocycles. The van der Waals surface area contributed by atoms with Crippen LogP contribution >= 0.6 is 0 Å². The number of fused-ring (bicyclic) bond motifs is 1. The van der Waals surface area contributed by atoms with Gasteiger partial charge in [-0.1, -0.05) is 36.4 Å². The molecule has 2 aliphatic rings. The van der Waals surface area contributed by atoms with E-state index >= 15 is 0 Å². The van der Waals surface area contributed by atoms with E-state index in [0.717, 1.165) is 24.4 Å². The van der Waals surface area contributed by atoms with Gasteiger partial charge in [0.2, 0.25) is 5.91 Å². The van der Waals surface area contributed by atoms with Crippen molar-refractivity contribution in [3.63, 3.8) is 0 Å². The lowest BCUT2D eigenvalue weighted by Crippen LogP contribution is -2.51. The summed E-state index contributed by atoms with van der Waals surface area (Å²) in [5.41, 5.74) is 9.05. The van der Waals surface area contributed by atoms with E-state index < -0.39 is 18.1 Å². The van der Waals surface area contributed by atoms with Crippen molar-refractivity contribution >= 4 is 28.9 Å². The second-order valence-corrected chi connectivity index (χ2v) is 7.67. The number of nitrogens with one attached hydrogen (secondary N) is 1. The molecule has 8 heteroatoms. The molecule has 2 heterocycles. The second-order valence-electron chi connectivity index (χ2n) is 7.67. The summed E-state index contributed by atoms with van der Waals surface area (Å²) in [6.07, 6.45) is -1.07. The maximum atomic E-state index is 13.2. The molecule has 0 radical (unpaired) electrons. The molecule has 2 amide bonds. The highest BCUT2D eigenvalue weighted by molar-refractivity contribution is 6.15. The summed E-state index contributed by atoms with van der Waals surface area (Å²) in [5, 5.41) is 2.87. The Labute approximate surface area is 181 Å². The number of nitrogens with two attached hydrogens (primary N) is 1. The minimum atomic E-state index is -1.07. The molecule has 2 atom stereocenters. The van der Waals surface area contributed by atoms with Crippen LogP contribution in [0.25, 0.3) is 0 Å². The smallest absolute Gasteiger partial charge is 0.267 e. The Hall–Kier alpha value is -3.07. The summed E-state index contributed by atoms with van der Waals surface area (Å²) < 4.78 is 5.43. The number of nitrogens with zero attached hydrogens (tertiary/aromatic N) is 3. The predicted octanol–water partition coefficient (Wildman–Crippen LogP) is 1.47. The van der Waals surface area contributed by atoms with Gasteiger partial charge >= 0.3 is 0 Å². The van der Waals surface area contributed by atoms with E-state index in [1.807, 2.05) is 42.5 Å². The Morgan fingerprint density at radius 1 is 1.16 bits per heavy atom. The molecule has 3 N–H and O–H groups in total. The first kappa shape index (κ1) is 21.2. The number of carbonyl (C=O) groups excluding carboxylic acids is 2. The lowest BCUT2D eigenvalue weighted by Gasteiger charge is -2.30. The molecule has 1 saturated heterocycles. The number of hydrogen-bond donors (Lipinski definition) is 2. The van der Waals surface area contributed by atoms with Gasteiger partial charge in [-0.2, -0.15) is 0 Å². The molecular formula is C23H27N5O3. The Morgan fingerprint density at radius 3 is 2.58 bits per heavy atom. The number of amides is 2. The van der Waals surface area contributed by atoms with Crippen LogP contribution in [-0.2, 0) is 14.3 Å². The Bertz CT molecular complexity index is 972. The maximum absolute atomic E-state index is 13.2. The third-order valence-corrected chi connectivity index (χ3v) is 5.55. The fourth-order valence-corrected chi connectivity index (χ4v) is 3.86. The van der Waals surface area contributed by atoms with E-state index in [1.54, 1.807) is 19.1 Å². The van der Waals surface area contributed by atoms with Crippen molar-refractivity contribution in [2.75, 3.05) is 43.1 Å². The zero-order chi connectivity index (χ0) is 21.8. The number of aliphatic imine (C=N–C) groups is 1. The van der Waals surface area contributed by atoms with Crippen molar-refractivity contribution in [3.8, 4) is 0 Å². The van der Waals surface area contributed by atoms with Gasteiger partial charge in [-0.15, -0.1) is 0 Å². The van der Waals surface area contributed by atoms with Crippen molar-refractivity contribution in [1.82, 2.24) is 4.90 Å². The van der Waals surface area contributed by atoms with E-state index in [4.69, 9.17) is 10.5 Å². The van der Waals surface area contributed by atoms with Crippen LogP contribution in [-0.4, -0.2) is 67.5 Å². The highest BCUT2D eigenvalue weighted by atomic mass is 16.5. The molecule has 31 heavy (non-hydrogen) atoms. The molecule has 2 aromatic rings. The number of morpholine rings is 1. The number of benzene rings is 2. The van der Waals surface area contributed by atoms with Gasteiger partial charge in [0.05, 0.1) is 24.6 Å². The van der Waals surface area contributed by atoms with E-state index in [9.17, 15) is 9.59 Å².